The number of rotatable bonds is 9. The van der Waals surface area contributed by atoms with E-state index >= 15 is 0 Å². The van der Waals surface area contributed by atoms with Crippen LogP contribution in [-0.4, -0.2) is 42.6 Å². The average Bonchev–Trinajstić information content (AvgIpc) is 2.72. The summed E-state index contributed by atoms with van der Waals surface area (Å²) < 4.78 is 5.07. The lowest BCUT2D eigenvalue weighted by Crippen LogP contribution is -2.50. The van der Waals surface area contributed by atoms with E-state index in [9.17, 15) is 19.5 Å². The number of hydrogen-bond donors (Lipinski definition) is 3. The van der Waals surface area contributed by atoms with Crippen LogP contribution >= 0.6 is 0 Å². The molecule has 0 aliphatic carbocycles. The lowest BCUT2D eigenvalue weighted by Gasteiger charge is -2.23. The summed E-state index contributed by atoms with van der Waals surface area (Å²) in [7, 11) is 1.54. The Hall–Kier alpha value is -3.35. The molecule has 2 atom stereocenters. The second-order valence-corrected chi connectivity index (χ2v) is 6.97. The van der Waals surface area contributed by atoms with Gasteiger partial charge in [-0.25, -0.2) is 0 Å². The maximum atomic E-state index is 12.7. The maximum absolute atomic E-state index is 12.7. The first kappa shape index (κ1) is 21.9. The van der Waals surface area contributed by atoms with E-state index in [0.717, 1.165) is 0 Å². The molecule has 0 saturated carbocycles. The van der Waals surface area contributed by atoms with Crippen LogP contribution in [0.3, 0.4) is 0 Å². The second-order valence-electron chi connectivity index (χ2n) is 6.97. The zero-order valence-corrected chi connectivity index (χ0v) is 16.7. The molecule has 0 aliphatic heterocycles. The van der Waals surface area contributed by atoms with Crippen LogP contribution in [0, 0.1) is 5.92 Å². The molecular formula is C22H26N2O5. The van der Waals surface area contributed by atoms with Gasteiger partial charge < -0.3 is 20.5 Å². The fourth-order valence-corrected chi connectivity index (χ4v) is 2.85. The zero-order chi connectivity index (χ0) is 21.4. The molecule has 0 unspecified atom stereocenters. The van der Waals surface area contributed by atoms with Crippen molar-refractivity contribution in [2.24, 2.45) is 5.92 Å². The number of benzene rings is 2. The van der Waals surface area contributed by atoms with Crippen LogP contribution in [0.5, 0.6) is 5.75 Å². The first-order valence-corrected chi connectivity index (χ1v) is 9.33. The summed E-state index contributed by atoms with van der Waals surface area (Å²) in [5.74, 6) is -2.27. The van der Waals surface area contributed by atoms with E-state index in [1.165, 1.54) is 7.11 Å². The van der Waals surface area contributed by atoms with Gasteiger partial charge in [0.15, 0.2) is 0 Å². The highest BCUT2D eigenvalue weighted by atomic mass is 16.5. The minimum Gasteiger partial charge on any atom is -0.497 e. The minimum atomic E-state index is -1.03. The molecule has 2 aromatic carbocycles. The Balaban J connectivity index is 2.04. The number of hydrogen-bond acceptors (Lipinski definition) is 4. The Morgan fingerprint density at radius 1 is 1.00 bits per heavy atom. The fourth-order valence-electron chi connectivity index (χ4n) is 2.85. The summed E-state index contributed by atoms with van der Waals surface area (Å²) in [4.78, 5) is 36.8. The summed E-state index contributed by atoms with van der Waals surface area (Å²) in [6.07, 6.45) is 0. The molecule has 0 heterocycles. The highest BCUT2D eigenvalue weighted by Crippen LogP contribution is 2.15. The van der Waals surface area contributed by atoms with E-state index < -0.39 is 23.8 Å². The summed E-state index contributed by atoms with van der Waals surface area (Å²) in [5, 5.41) is 14.9. The Labute approximate surface area is 170 Å². The number of carbonyl (C=O) groups excluding carboxylic acids is 2. The van der Waals surface area contributed by atoms with Gasteiger partial charge in [-0.05, 0) is 35.7 Å². The number of methoxy groups -OCH3 is 1. The molecule has 154 valence electrons. The molecule has 2 aromatic rings. The summed E-state index contributed by atoms with van der Waals surface area (Å²) in [6, 6.07) is 14.5. The Morgan fingerprint density at radius 3 is 2.14 bits per heavy atom. The summed E-state index contributed by atoms with van der Waals surface area (Å²) >= 11 is 0. The smallest absolute Gasteiger partial charge is 0.312 e. The standard InChI is InChI=1S/C22H26N2O5/c1-14(2)19(24-20(25)16-9-11-17(29-3)12-10-16)21(26)23-13-18(22(27)28)15-7-5-4-6-8-15/h4-12,14,18-19H,13H2,1-3H3,(H,23,26)(H,24,25)(H,27,28)/t18-,19-/m0/s1. The molecule has 0 fully saturated rings. The lowest BCUT2D eigenvalue weighted by molar-refractivity contribution is -0.138. The Morgan fingerprint density at radius 2 is 1.62 bits per heavy atom. The van der Waals surface area contributed by atoms with Gasteiger partial charge in [-0.1, -0.05) is 44.2 Å². The summed E-state index contributed by atoms with van der Waals surface area (Å²) in [5.41, 5.74) is 1.00. The van der Waals surface area contributed by atoms with Gasteiger partial charge in [0, 0.05) is 12.1 Å². The van der Waals surface area contributed by atoms with E-state index in [4.69, 9.17) is 4.74 Å². The van der Waals surface area contributed by atoms with Crippen LogP contribution in [-0.2, 0) is 9.59 Å². The largest absolute Gasteiger partial charge is 0.497 e. The van der Waals surface area contributed by atoms with Crippen molar-refractivity contribution < 1.29 is 24.2 Å². The molecule has 0 bridgehead atoms. The number of carbonyl (C=O) groups is 3. The highest BCUT2D eigenvalue weighted by Gasteiger charge is 2.27. The van der Waals surface area contributed by atoms with Gasteiger partial charge in [0.25, 0.3) is 5.91 Å². The molecular weight excluding hydrogens is 372 g/mol. The Bertz CT molecular complexity index is 834. The van der Waals surface area contributed by atoms with Crippen molar-refractivity contribution in [3.05, 3.63) is 65.7 Å². The molecule has 2 amide bonds. The quantitative estimate of drug-likeness (QED) is 0.602. The van der Waals surface area contributed by atoms with E-state index in [1.807, 2.05) is 13.8 Å². The lowest BCUT2D eigenvalue weighted by atomic mass is 9.98. The van der Waals surface area contributed by atoms with Crippen molar-refractivity contribution in [3.63, 3.8) is 0 Å². The second kappa shape index (κ2) is 10.3. The van der Waals surface area contributed by atoms with Crippen molar-refractivity contribution in [3.8, 4) is 5.75 Å². The van der Waals surface area contributed by atoms with E-state index in [-0.39, 0.29) is 18.4 Å². The first-order chi connectivity index (χ1) is 13.8. The molecule has 7 heteroatoms. The number of nitrogens with one attached hydrogen (secondary N) is 2. The SMILES string of the molecule is COc1ccc(C(=O)N[C@H](C(=O)NC[C@H](C(=O)O)c2ccccc2)C(C)C)cc1. The van der Waals surface area contributed by atoms with Gasteiger partial charge in [0.2, 0.25) is 5.91 Å². The normalized spacial score (nSPS) is 12.7. The van der Waals surface area contributed by atoms with Gasteiger partial charge in [-0.15, -0.1) is 0 Å². The van der Waals surface area contributed by atoms with Crippen molar-refractivity contribution in [2.75, 3.05) is 13.7 Å². The molecule has 0 aromatic heterocycles. The third-order valence-electron chi connectivity index (χ3n) is 4.57. The molecule has 0 radical (unpaired) electrons. The van der Waals surface area contributed by atoms with Crippen molar-refractivity contribution in [1.29, 1.82) is 0 Å². The van der Waals surface area contributed by atoms with E-state index in [0.29, 0.717) is 16.9 Å². The number of ether oxygens (including phenoxy) is 1. The van der Waals surface area contributed by atoms with Gasteiger partial charge in [-0.3, -0.25) is 14.4 Å². The van der Waals surface area contributed by atoms with Gasteiger partial charge in [0.05, 0.1) is 13.0 Å². The van der Waals surface area contributed by atoms with Crippen LogP contribution in [0.25, 0.3) is 0 Å². The predicted octanol–water partition coefficient (Wildman–Crippen LogP) is 2.43. The first-order valence-electron chi connectivity index (χ1n) is 9.33. The predicted molar refractivity (Wildman–Crippen MR) is 109 cm³/mol. The van der Waals surface area contributed by atoms with Gasteiger partial charge in [-0.2, -0.15) is 0 Å². The van der Waals surface area contributed by atoms with Crippen molar-refractivity contribution in [2.45, 2.75) is 25.8 Å². The average molecular weight is 398 g/mol. The molecule has 2 rings (SSSR count). The topological polar surface area (TPSA) is 105 Å². The third-order valence-corrected chi connectivity index (χ3v) is 4.57. The maximum Gasteiger partial charge on any atom is 0.312 e. The number of aliphatic carboxylic acids is 1. The number of amides is 2. The van der Waals surface area contributed by atoms with Crippen LogP contribution in [0.15, 0.2) is 54.6 Å². The molecule has 29 heavy (non-hydrogen) atoms. The van der Waals surface area contributed by atoms with Gasteiger partial charge in [0.1, 0.15) is 11.8 Å². The molecule has 3 N–H and O–H groups in total. The van der Waals surface area contributed by atoms with Crippen LogP contribution in [0.4, 0.5) is 0 Å². The van der Waals surface area contributed by atoms with E-state index in [2.05, 4.69) is 10.6 Å². The van der Waals surface area contributed by atoms with Crippen LogP contribution < -0.4 is 15.4 Å². The number of carboxylic acids is 1. The Kier molecular flexibility index (Phi) is 7.77. The molecule has 7 nitrogen and oxygen atoms in total. The third kappa shape index (κ3) is 6.07. The van der Waals surface area contributed by atoms with Crippen LogP contribution in [0.2, 0.25) is 0 Å². The monoisotopic (exact) mass is 398 g/mol. The molecule has 0 aliphatic rings. The van der Waals surface area contributed by atoms with Crippen molar-refractivity contribution >= 4 is 17.8 Å². The van der Waals surface area contributed by atoms with Crippen LogP contribution in [0.1, 0.15) is 35.7 Å². The summed E-state index contributed by atoms with van der Waals surface area (Å²) in [6.45, 7) is 3.55. The van der Waals surface area contributed by atoms with Crippen molar-refractivity contribution in [1.82, 2.24) is 10.6 Å². The van der Waals surface area contributed by atoms with E-state index in [1.54, 1.807) is 54.6 Å². The zero-order valence-electron chi connectivity index (χ0n) is 16.7. The van der Waals surface area contributed by atoms with Gasteiger partial charge >= 0.3 is 5.97 Å². The fraction of sp³-hybridized carbons (Fsp3) is 0.318. The highest BCUT2D eigenvalue weighted by molar-refractivity contribution is 5.97. The number of carboxylic acid groups (broad SMARTS) is 1. The minimum absolute atomic E-state index is 0.0696. The molecule has 0 spiro atoms. The molecule has 0 saturated heterocycles.